The molecule has 0 heterocycles. The van der Waals surface area contributed by atoms with Crippen molar-refractivity contribution in [1.82, 2.24) is 10.2 Å². The van der Waals surface area contributed by atoms with Gasteiger partial charge in [0, 0.05) is 18.7 Å². The zero-order valence-electron chi connectivity index (χ0n) is 12.1. The maximum atomic E-state index is 5.39. The molecule has 102 valence electrons. The van der Waals surface area contributed by atoms with Gasteiger partial charge >= 0.3 is 0 Å². The molecule has 3 heteroatoms. The number of rotatable bonds is 8. The molecule has 0 bridgehead atoms. The van der Waals surface area contributed by atoms with Crippen molar-refractivity contribution in [2.24, 2.45) is 5.92 Å². The molecule has 18 heavy (non-hydrogen) atoms. The lowest BCUT2D eigenvalue weighted by molar-refractivity contribution is 0.258. The Hall–Kier alpha value is -1.06. The van der Waals surface area contributed by atoms with E-state index in [9.17, 15) is 0 Å². The second-order valence-corrected chi connectivity index (χ2v) is 4.84. The van der Waals surface area contributed by atoms with Crippen LogP contribution in [0.4, 0.5) is 0 Å². The molecule has 1 atom stereocenters. The van der Waals surface area contributed by atoms with E-state index < -0.39 is 0 Å². The fraction of sp³-hybridized carbons (Fsp3) is 0.600. The molecule has 0 fully saturated rings. The van der Waals surface area contributed by atoms with Crippen LogP contribution in [0.25, 0.3) is 0 Å². The first-order valence-corrected chi connectivity index (χ1v) is 6.66. The van der Waals surface area contributed by atoms with Crippen LogP contribution < -0.4 is 10.1 Å². The second-order valence-electron chi connectivity index (χ2n) is 4.84. The van der Waals surface area contributed by atoms with Gasteiger partial charge in [0.25, 0.3) is 0 Å². The molecule has 0 aliphatic heterocycles. The van der Waals surface area contributed by atoms with Crippen LogP contribution in [0.1, 0.15) is 18.9 Å². The van der Waals surface area contributed by atoms with E-state index in [2.05, 4.69) is 36.3 Å². The molecule has 1 N–H and O–H groups in total. The highest BCUT2D eigenvalue weighted by molar-refractivity contribution is 5.32. The lowest BCUT2D eigenvalue weighted by atomic mass is 10.1. The van der Waals surface area contributed by atoms with E-state index in [4.69, 9.17) is 4.74 Å². The molecule has 0 saturated carbocycles. The second kappa shape index (κ2) is 8.11. The molecule has 0 aliphatic carbocycles. The highest BCUT2D eigenvalue weighted by atomic mass is 16.5. The molecule has 1 rings (SSSR count). The molecule has 0 aromatic heterocycles. The van der Waals surface area contributed by atoms with E-state index in [0.29, 0.717) is 5.92 Å². The first kappa shape index (κ1) is 15.0. The normalized spacial score (nSPS) is 12.7. The highest BCUT2D eigenvalue weighted by Crippen LogP contribution is 2.19. The average Bonchev–Trinajstić information content (AvgIpc) is 2.38. The van der Waals surface area contributed by atoms with Crippen LogP contribution in [-0.4, -0.2) is 39.2 Å². The number of benzene rings is 1. The summed E-state index contributed by atoms with van der Waals surface area (Å²) in [5.74, 6) is 1.68. The maximum absolute atomic E-state index is 5.39. The summed E-state index contributed by atoms with van der Waals surface area (Å²) in [5.41, 5.74) is 1.25. The van der Waals surface area contributed by atoms with Crippen LogP contribution >= 0.6 is 0 Å². The Labute approximate surface area is 111 Å². The number of methoxy groups -OCH3 is 1. The number of hydrogen-bond acceptors (Lipinski definition) is 3. The third-order valence-electron chi connectivity index (χ3n) is 3.27. The summed E-state index contributed by atoms with van der Waals surface area (Å²) in [6.45, 7) is 5.37. The first-order valence-electron chi connectivity index (χ1n) is 6.66. The molecule has 1 aromatic carbocycles. The predicted molar refractivity (Wildman–Crippen MR) is 77.0 cm³/mol. The van der Waals surface area contributed by atoms with Crippen LogP contribution in [0.5, 0.6) is 5.75 Å². The third kappa shape index (κ3) is 4.67. The van der Waals surface area contributed by atoms with Crippen molar-refractivity contribution in [2.75, 3.05) is 34.3 Å². The lowest BCUT2D eigenvalue weighted by Crippen LogP contribution is -2.30. The summed E-state index contributed by atoms with van der Waals surface area (Å²) < 4.78 is 5.39. The fourth-order valence-corrected chi connectivity index (χ4v) is 2.26. The first-order chi connectivity index (χ1) is 8.71. The predicted octanol–water partition coefficient (Wildman–Crippen LogP) is 2.37. The maximum Gasteiger partial charge on any atom is 0.123 e. The van der Waals surface area contributed by atoms with E-state index in [1.165, 1.54) is 12.0 Å². The molecular weight excluding hydrogens is 224 g/mol. The average molecular weight is 250 g/mol. The molecule has 0 aliphatic rings. The number of ether oxygens (including phenoxy) is 1. The minimum Gasteiger partial charge on any atom is -0.496 e. The summed E-state index contributed by atoms with van der Waals surface area (Å²) in [7, 11) is 5.92. The van der Waals surface area contributed by atoms with Gasteiger partial charge in [0.05, 0.1) is 7.11 Å². The van der Waals surface area contributed by atoms with E-state index in [0.717, 1.165) is 25.4 Å². The van der Waals surface area contributed by atoms with Crippen molar-refractivity contribution < 1.29 is 4.74 Å². The van der Waals surface area contributed by atoms with E-state index in [1.807, 2.05) is 19.2 Å². The smallest absolute Gasteiger partial charge is 0.123 e. The molecule has 0 radical (unpaired) electrons. The van der Waals surface area contributed by atoms with Crippen LogP contribution in [0, 0.1) is 5.92 Å². The number of nitrogens with one attached hydrogen (secondary N) is 1. The minimum absolute atomic E-state index is 0.703. The van der Waals surface area contributed by atoms with Crippen molar-refractivity contribution in [3.8, 4) is 5.75 Å². The molecule has 3 nitrogen and oxygen atoms in total. The quantitative estimate of drug-likeness (QED) is 0.766. The van der Waals surface area contributed by atoms with Crippen molar-refractivity contribution in [2.45, 2.75) is 19.9 Å². The summed E-state index contributed by atoms with van der Waals surface area (Å²) in [5, 5.41) is 3.26. The summed E-state index contributed by atoms with van der Waals surface area (Å²) in [4.78, 5) is 2.36. The van der Waals surface area contributed by atoms with Gasteiger partial charge in [-0.25, -0.2) is 0 Å². The van der Waals surface area contributed by atoms with Gasteiger partial charge in [0.2, 0.25) is 0 Å². The van der Waals surface area contributed by atoms with Crippen LogP contribution in [0.2, 0.25) is 0 Å². The van der Waals surface area contributed by atoms with Crippen LogP contribution in [0.15, 0.2) is 24.3 Å². The molecule has 0 amide bonds. The third-order valence-corrected chi connectivity index (χ3v) is 3.27. The number of nitrogens with zero attached hydrogens (tertiary/aromatic N) is 1. The van der Waals surface area contributed by atoms with Crippen LogP contribution in [-0.2, 0) is 6.54 Å². The molecule has 1 aromatic rings. The lowest BCUT2D eigenvalue weighted by Gasteiger charge is -2.23. The highest BCUT2D eigenvalue weighted by Gasteiger charge is 2.11. The molecule has 0 saturated heterocycles. The van der Waals surface area contributed by atoms with Gasteiger partial charge in [-0.1, -0.05) is 31.5 Å². The SMILES string of the molecule is CCC(CNC)CN(C)Cc1ccccc1OC. The van der Waals surface area contributed by atoms with Crippen LogP contribution in [0.3, 0.4) is 0 Å². The Kier molecular flexibility index (Phi) is 6.76. The van der Waals surface area contributed by atoms with Gasteiger partial charge in [0.1, 0.15) is 5.75 Å². The zero-order chi connectivity index (χ0) is 13.4. The Morgan fingerprint density at radius 1 is 1.33 bits per heavy atom. The summed E-state index contributed by atoms with van der Waals surface area (Å²) in [6, 6.07) is 8.23. The Bertz CT molecular complexity index is 341. The largest absolute Gasteiger partial charge is 0.496 e. The van der Waals surface area contributed by atoms with Gasteiger partial charge < -0.3 is 15.0 Å². The van der Waals surface area contributed by atoms with Gasteiger partial charge in [-0.3, -0.25) is 0 Å². The van der Waals surface area contributed by atoms with Crippen molar-refractivity contribution in [3.05, 3.63) is 29.8 Å². The Balaban J connectivity index is 2.55. The summed E-state index contributed by atoms with van der Waals surface area (Å²) >= 11 is 0. The molecule has 1 unspecified atom stereocenters. The zero-order valence-corrected chi connectivity index (χ0v) is 12.1. The Morgan fingerprint density at radius 2 is 2.06 bits per heavy atom. The van der Waals surface area contributed by atoms with Gasteiger partial charge in [0.15, 0.2) is 0 Å². The number of para-hydroxylation sites is 1. The van der Waals surface area contributed by atoms with E-state index >= 15 is 0 Å². The van der Waals surface area contributed by atoms with E-state index in [1.54, 1.807) is 7.11 Å². The minimum atomic E-state index is 0.703. The van der Waals surface area contributed by atoms with E-state index in [-0.39, 0.29) is 0 Å². The number of hydrogen-bond donors (Lipinski definition) is 1. The molecular formula is C15H26N2O. The summed E-state index contributed by atoms with van der Waals surface area (Å²) in [6.07, 6.45) is 1.21. The fourth-order valence-electron chi connectivity index (χ4n) is 2.26. The van der Waals surface area contributed by atoms with Crippen molar-refractivity contribution in [1.29, 1.82) is 0 Å². The van der Waals surface area contributed by atoms with Gasteiger partial charge in [-0.2, -0.15) is 0 Å². The monoisotopic (exact) mass is 250 g/mol. The molecule has 0 spiro atoms. The topological polar surface area (TPSA) is 24.5 Å². The Morgan fingerprint density at radius 3 is 2.67 bits per heavy atom. The van der Waals surface area contributed by atoms with Crippen molar-refractivity contribution >= 4 is 0 Å². The standard InChI is InChI=1S/C15H26N2O/c1-5-13(10-16-2)11-17(3)12-14-8-6-7-9-15(14)18-4/h6-9,13,16H,5,10-12H2,1-4H3. The van der Waals surface area contributed by atoms with Gasteiger partial charge in [-0.05, 0) is 32.6 Å². The van der Waals surface area contributed by atoms with Crippen molar-refractivity contribution in [3.63, 3.8) is 0 Å². The van der Waals surface area contributed by atoms with Gasteiger partial charge in [-0.15, -0.1) is 0 Å².